The second-order valence-electron chi connectivity index (χ2n) is 4.40. The van der Waals surface area contributed by atoms with Crippen LogP contribution in [0, 0.1) is 0 Å². The molecule has 1 aliphatic heterocycles. The number of hydrogen-bond donors (Lipinski definition) is 1. The summed E-state index contributed by atoms with van der Waals surface area (Å²) >= 11 is 9.28. The lowest BCUT2D eigenvalue weighted by Crippen LogP contribution is -2.44. The number of nitrogens with one attached hydrogen (secondary N) is 1. The van der Waals surface area contributed by atoms with Gasteiger partial charge in [-0.1, -0.05) is 11.6 Å². The van der Waals surface area contributed by atoms with Crippen LogP contribution in [-0.2, 0) is 4.79 Å². The van der Waals surface area contributed by atoms with E-state index in [4.69, 9.17) is 11.6 Å². The molecule has 1 aromatic rings. The van der Waals surface area contributed by atoms with Crippen LogP contribution in [0.5, 0.6) is 0 Å². The number of carbonyl (C=O) groups excluding carboxylic acids is 2. The number of likely N-dealkylation sites (N-methyl/N-ethyl adjacent to an activating group) is 1. The Bertz CT molecular complexity index is 521. The van der Waals surface area contributed by atoms with Gasteiger partial charge in [-0.15, -0.1) is 0 Å². The minimum atomic E-state index is -0.375. The van der Waals surface area contributed by atoms with Crippen LogP contribution in [0.25, 0.3) is 0 Å². The summed E-state index contributed by atoms with van der Waals surface area (Å²) in [5.41, 5.74) is 0.504. The zero-order valence-corrected chi connectivity index (χ0v) is 12.8. The highest BCUT2D eigenvalue weighted by atomic mass is 79.9. The maximum absolute atomic E-state index is 12.4. The van der Waals surface area contributed by atoms with Crippen LogP contribution in [-0.4, -0.2) is 36.3 Å². The maximum Gasteiger partial charge on any atom is 0.254 e. The molecule has 0 aromatic heterocycles. The number of benzene rings is 1. The first kappa shape index (κ1) is 14.3. The highest BCUT2D eigenvalue weighted by Crippen LogP contribution is 2.26. The largest absolute Gasteiger partial charge is 0.357 e. The fraction of sp³-hybridized carbons (Fsp3) is 0.385. The van der Waals surface area contributed by atoms with E-state index in [1.54, 1.807) is 30.1 Å². The number of halogens is 2. The average molecular weight is 346 g/mol. The van der Waals surface area contributed by atoms with Crippen molar-refractivity contribution in [3.05, 3.63) is 33.3 Å². The molecule has 6 heteroatoms. The van der Waals surface area contributed by atoms with E-state index in [0.717, 1.165) is 10.9 Å². The van der Waals surface area contributed by atoms with E-state index in [1.165, 1.54) is 0 Å². The molecule has 0 saturated carbocycles. The van der Waals surface area contributed by atoms with Gasteiger partial charge in [-0.05, 0) is 47.0 Å². The first-order valence-corrected chi connectivity index (χ1v) is 7.19. The molecule has 0 spiro atoms. The molecule has 1 N–H and O–H groups in total. The van der Waals surface area contributed by atoms with Crippen molar-refractivity contribution >= 4 is 39.3 Å². The molecule has 1 fully saturated rings. The molecule has 0 bridgehead atoms. The molecule has 19 heavy (non-hydrogen) atoms. The molecule has 2 amide bonds. The minimum absolute atomic E-state index is 0.117. The van der Waals surface area contributed by atoms with E-state index in [1.807, 2.05) is 0 Å². The molecule has 1 atom stereocenters. The lowest BCUT2D eigenvalue weighted by molar-refractivity contribution is -0.124. The van der Waals surface area contributed by atoms with Crippen LogP contribution in [0.15, 0.2) is 22.7 Å². The van der Waals surface area contributed by atoms with E-state index in [2.05, 4.69) is 21.2 Å². The van der Waals surface area contributed by atoms with Crippen molar-refractivity contribution in [2.45, 2.75) is 18.9 Å². The van der Waals surface area contributed by atoms with Gasteiger partial charge in [0.25, 0.3) is 5.91 Å². The van der Waals surface area contributed by atoms with E-state index in [0.29, 0.717) is 23.6 Å². The van der Waals surface area contributed by atoms with Crippen LogP contribution in [0.2, 0.25) is 5.02 Å². The van der Waals surface area contributed by atoms with Crippen LogP contribution >= 0.6 is 27.5 Å². The van der Waals surface area contributed by atoms with Gasteiger partial charge >= 0.3 is 0 Å². The first-order valence-electron chi connectivity index (χ1n) is 6.02. The topological polar surface area (TPSA) is 49.4 Å². The smallest absolute Gasteiger partial charge is 0.254 e. The van der Waals surface area contributed by atoms with Crippen molar-refractivity contribution in [3.8, 4) is 0 Å². The molecule has 1 saturated heterocycles. The van der Waals surface area contributed by atoms with Gasteiger partial charge in [0.05, 0.1) is 5.02 Å². The summed E-state index contributed by atoms with van der Waals surface area (Å²) in [6.07, 6.45) is 1.55. The van der Waals surface area contributed by atoms with Crippen molar-refractivity contribution < 1.29 is 9.59 Å². The SMILES string of the molecule is CNC(=O)C1CCCN1C(=O)c1ccc(Br)c(Cl)c1. The first-order chi connectivity index (χ1) is 9.04. The number of likely N-dealkylation sites (tertiary alicyclic amines) is 1. The highest BCUT2D eigenvalue weighted by Gasteiger charge is 2.33. The predicted molar refractivity (Wildman–Crippen MR) is 77.3 cm³/mol. The van der Waals surface area contributed by atoms with Gasteiger partial charge in [0.2, 0.25) is 5.91 Å². The standard InChI is InChI=1S/C13H14BrClN2O2/c1-16-12(18)11-3-2-6-17(11)13(19)8-4-5-9(14)10(15)7-8/h4-5,7,11H,2-3,6H2,1H3,(H,16,18). The second kappa shape index (κ2) is 5.92. The quantitative estimate of drug-likeness (QED) is 0.895. The Hall–Kier alpha value is -1.07. The van der Waals surface area contributed by atoms with Crippen molar-refractivity contribution in [1.82, 2.24) is 10.2 Å². The molecule has 1 aromatic carbocycles. The van der Waals surface area contributed by atoms with Gasteiger partial charge in [-0.2, -0.15) is 0 Å². The van der Waals surface area contributed by atoms with E-state index < -0.39 is 0 Å². The zero-order valence-electron chi connectivity index (χ0n) is 10.5. The fourth-order valence-electron chi connectivity index (χ4n) is 2.24. The number of nitrogens with zero attached hydrogens (tertiary/aromatic N) is 1. The van der Waals surface area contributed by atoms with Gasteiger partial charge in [0.1, 0.15) is 6.04 Å². The van der Waals surface area contributed by atoms with Crippen molar-refractivity contribution in [2.24, 2.45) is 0 Å². The van der Waals surface area contributed by atoms with Crippen LogP contribution in [0.4, 0.5) is 0 Å². The normalized spacial score (nSPS) is 18.5. The number of hydrogen-bond acceptors (Lipinski definition) is 2. The minimum Gasteiger partial charge on any atom is -0.357 e. The lowest BCUT2D eigenvalue weighted by Gasteiger charge is -2.23. The van der Waals surface area contributed by atoms with Gasteiger partial charge in [0, 0.05) is 23.6 Å². The summed E-state index contributed by atoms with van der Waals surface area (Å²) in [5, 5.41) is 3.08. The molecule has 1 heterocycles. The van der Waals surface area contributed by atoms with Gasteiger partial charge < -0.3 is 10.2 Å². The zero-order chi connectivity index (χ0) is 14.0. The summed E-state index contributed by atoms with van der Waals surface area (Å²) in [5.74, 6) is -0.269. The molecular formula is C13H14BrClN2O2. The summed E-state index contributed by atoms with van der Waals surface area (Å²) in [6.45, 7) is 0.602. The molecule has 2 rings (SSSR count). The van der Waals surface area contributed by atoms with E-state index in [-0.39, 0.29) is 17.9 Å². The third kappa shape index (κ3) is 2.92. The Morgan fingerprint density at radius 2 is 2.21 bits per heavy atom. The summed E-state index contributed by atoms with van der Waals surface area (Å²) < 4.78 is 0.745. The summed E-state index contributed by atoms with van der Waals surface area (Å²) in [4.78, 5) is 25.8. The lowest BCUT2D eigenvalue weighted by atomic mass is 10.1. The van der Waals surface area contributed by atoms with Gasteiger partial charge in [0.15, 0.2) is 0 Å². The third-order valence-corrected chi connectivity index (χ3v) is 4.46. The molecule has 0 radical (unpaired) electrons. The number of carbonyl (C=O) groups is 2. The molecule has 102 valence electrons. The molecule has 1 aliphatic rings. The van der Waals surface area contributed by atoms with Crippen LogP contribution < -0.4 is 5.32 Å². The van der Waals surface area contributed by atoms with Gasteiger partial charge in [-0.3, -0.25) is 9.59 Å². The summed E-state index contributed by atoms with van der Waals surface area (Å²) in [7, 11) is 1.58. The van der Waals surface area contributed by atoms with Crippen molar-refractivity contribution in [3.63, 3.8) is 0 Å². The predicted octanol–water partition coefficient (Wildman–Crippen LogP) is 2.45. The average Bonchev–Trinajstić information content (AvgIpc) is 2.89. The second-order valence-corrected chi connectivity index (χ2v) is 5.66. The number of rotatable bonds is 2. The molecule has 1 unspecified atom stereocenters. The molecule has 0 aliphatic carbocycles. The van der Waals surface area contributed by atoms with Crippen LogP contribution in [0.3, 0.4) is 0 Å². The Morgan fingerprint density at radius 3 is 2.84 bits per heavy atom. The van der Waals surface area contributed by atoms with Gasteiger partial charge in [-0.25, -0.2) is 0 Å². The Balaban J connectivity index is 2.23. The Labute approximate surface area is 125 Å². The van der Waals surface area contributed by atoms with Crippen molar-refractivity contribution in [2.75, 3.05) is 13.6 Å². The molecule has 4 nitrogen and oxygen atoms in total. The summed E-state index contributed by atoms with van der Waals surface area (Å²) in [6, 6.07) is 4.69. The van der Waals surface area contributed by atoms with E-state index in [9.17, 15) is 9.59 Å². The number of amides is 2. The molecular weight excluding hydrogens is 332 g/mol. The monoisotopic (exact) mass is 344 g/mol. The van der Waals surface area contributed by atoms with E-state index >= 15 is 0 Å². The van der Waals surface area contributed by atoms with Crippen molar-refractivity contribution in [1.29, 1.82) is 0 Å². The third-order valence-electron chi connectivity index (χ3n) is 3.23. The van der Waals surface area contributed by atoms with Crippen LogP contribution in [0.1, 0.15) is 23.2 Å². The fourth-order valence-corrected chi connectivity index (χ4v) is 2.67. The Morgan fingerprint density at radius 1 is 1.47 bits per heavy atom. The Kier molecular flexibility index (Phi) is 4.47. The maximum atomic E-state index is 12.4. The highest BCUT2D eigenvalue weighted by molar-refractivity contribution is 9.10.